The molecule has 0 aromatic carbocycles. The molecule has 0 saturated heterocycles. The van der Waals surface area contributed by atoms with E-state index >= 15 is 0 Å². The molecule has 0 aromatic heterocycles. The van der Waals surface area contributed by atoms with Gasteiger partial charge in [-0.15, -0.1) is 12.4 Å². The molecule has 0 spiro atoms. The van der Waals surface area contributed by atoms with Crippen LogP contribution in [0.1, 0.15) is 26.7 Å². The van der Waals surface area contributed by atoms with Gasteiger partial charge in [0.05, 0.1) is 6.54 Å². The molecule has 3 nitrogen and oxygen atoms in total. The second-order valence-electron chi connectivity index (χ2n) is 2.29. The molecule has 68 valence electrons. The molecule has 0 heterocycles. The second kappa shape index (κ2) is 7.82. The average molecular weight is 182 g/mol. The molecule has 11 heavy (non-hydrogen) atoms. The summed E-state index contributed by atoms with van der Waals surface area (Å²) in [6.45, 7) is 4.17. The summed E-state index contributed by atoms with van der Waals surface area (Å²) in [6.07, 6.45) is 1.98. The number of carbonyl (C=O) groups is 1. The monoisotopic (exact) mass is 181 g/mol. The molecule has 0 aliphatic carbocycles. The number of hydrogen-bond acceptors (Lipinski definition) is 2. The predicted octanol–water partition coefficient (Wildman–Crippen LogP) is 1.27. The molecular weight excluding hydrogens is 166 g/mol. The van der Waals surface area contributed by atoms with Gasteiger partial charge >= 0.3 is 5.97 Å². The molecule has 0 aliphatic rings. The van der Waals surface area contributed by atoms with Crippen LogP contribution in [0.2, 0.25) is 0 Å². The van der Waals surface area contributed by atoms with E-state index in [2.05, 4.69) is 5.32 Å². The molecule has 0 aliphatic heterocycles. The van der Waals surface area contributed by atoms with Crippen molar-refractivity contribution in [3.63, 3.8) is 0 Å². The van der Waals surface area contributed by atoms with E-state index < -0.39 is 5.97 Å². The Labute approximate surface area is 73.6 Å². The lowest BCUT2D eigenvalue weighted by Crippen LogP contribution is -2.32. The fourth-order valence-corrected chi connectivity index (χ4v) is 0.809. The third kappa shape index (κ3) is 7.62. The Hall–Kier alpha value is -0.280. The summed E-state index contributed by atoms with van der Waals surface area (Å²) in [7, 11) is 0. The van der Waals surface area contributed by atoms with Gasteiger partial charge < -0.3 is 10.4 Å². The third-order valence-corrected chi connectivity index (χ3v) is 1.53. The van der Waals surface area contributed by atoms with Gasteiger partial charge in [0.2, 0.25) is 0 Å². The number of halogens is 1. The molecule has 0 aromatic rings. The highest BCUT2D eigenvalue weighted by molar-refractivity contribution is 5.85. The van der Waals surface area contributed by atoms with Gasteiger partial charge in [0.15, 0.2) is 0 Å². The van der Waals surface area contributed by atoms with Crippen molar-refractivity contribution in [2.24, 2.45) is 0 Å². The summed E-state index contributed by atoms with van der Waals surface area (Å²) in [5.41, 5.74) is 0. The van der Waals surface area contributed by atoms with Crippen LogP contribution in [0.5, 0.6) is 0 Å². The highest BCUT2D eigenvalue weighted by Crippen LogP contribution is 1.94. The summed E-state index contributed by atoms with van der Waals surface area (Å²) in [6, 6.07) is 0.357. The first kappa shape index (κ1) is 13.3. The maximum absolute atomic E-state index is 10.1. The fraction of sp³-hybridized carbons (Fsp3) is 0.857. The lowest BCUT2D eigenvalue weighted by molar-refractivity contribution is -0.136. The van der Waals surface area contributed by atoms with Crippen molar-refractivity contribution >= 4 is 18.4 Å². The first-order valence-corrected chi connectivity index (χ1v) is 3.65. The van der Waals surface area contributed by atoms with Gasteiger partial charge in [0.1, 0.15) is 0 Å². The van der Waals surface area contributed by atoms with Crippen molar-refractivity contribution in [2.45, 2.75) is 32.7 Å². The summed E-state index contributed by atoms with van der Waals surface area (Å²) >= 11 is 0. The highest BCUT2D eigenvalue weighted by atomic mass is 35.5. The average Bonchev–Trinajstić information content (AvgIpc) is 1.90. The number of nitrogens with one attached hydrogen (secondary N) is 1. The fourth-order valence-electron chi connectivity index (χ4n) is 0.809. The van der Waals surface area contributed by atoms with Crippen LogP contribution in [0.3, 0.4) is 0 Å². The van der Waals surface area contributed by atoms with E-state index in [1.165, 1.54) is 0 Å². The van der Waals surface area contributed by atoms with Gasteiger partial charge in [-0.2, -0.15) is 0 Å². The smallest absolute Gasteiger partial charge is 0.317 e. The van der Waals surface area contributed by atoms with E-state index in [4.69, 9.17) is 5.11 Å². The van der Waals surface area contributed by atoms with Gasteiger partial charge in [-0.05, 0) is 12.8 Å². The van der Waals surface area contributed by atoms with Crippen LogP contribution in [0.4, 0.5) is 0 Å². The minimum absolute atomic E-state index is 0. The van der Waals surface area contributed by atoms with Crippen LogP contribution >= 0.6 is 12.4 Å². The Morgan fingerprint density at radius 1 is 1.45 bits per heavy atom. The quantitative estimate of drug-likeness (QED) is 0.672. The lowest BCUT2D eigenvalue weighted by Gasteiger charge is -2.11. The van der Waals surface area contributed by atoms with Crippen molar-refractivity contribution in [1.82, 2.24) is 5.32 Å². The lowest BCUT2D eigenvalue weighted by atomic mass is 10.2. The van der Waals surface area contributed by atoms with Crippen LogP contribution in [-0.4, -0.2) is 23.7 Å². The number of rotatable bonds is 5. The third-order valence-electron chi connectivity index (χ3n) is 1.53. The Morgan fingerprint density at radius 2 is 1.91 bits per heavy atom. The molecule has 0 bridgehead atoms. The number of aliphatic carboxylic acids is 1. The Morgan fingerprint density at radius 3 is 2.18 bits per heavy atom. The molecule has 2 N–H and O–H groups in total. The summed E-state index contributed by atoms with van der Waals surface area (Å²) in [5, 5.41) is 11.2. The van der Waals surface area contributed by atoms with Crippen molar-refractivity contribution < 1.29 is 9.90 Å². The van der Waals surface area contributed by atoms with Gasteiger partial charge in [-0.1, -0.05) is 13.8 Å². The van der Waals surface area contributed by atoms with E-state index in [9.17, 15) is 4.79 Å². The zero-order valence-corrected chi connectivity index (χ0v) is 7.78. The van der Waals surface area contributed by atoms with Gasteiger partial charge in [-0.25, -0.2) is 0 Å². The first-order chi connectivity index (χ1) is 4.70. The standard InChI is InChI=1S/C7H15NO2.ClH/c1-3-6(4-2)8-5-7(9)10;/h6,8H,3-5H2,1-2H3,(H,9,10);1H. The topological polar surface area (TPSA) is 49.3 Å². The number of hydrogen-bond donors (Lipinski definition) is 2. The van der Waals surface area contributed by atoms with Crippen molar-refractivity contribution in [3.05, 3.63) is 0 Å². The van der Waals surface area contributed by atoms with Crippen LogP contribution in [0.25, 0.3) is 0 Å². The van der Waals surface area contributed by atoms with Gasteiger partial charge in [-0.3, -0.25) is 4.79 Å². The summed E-state index contributed by atoms with van der Waals surface area (Å²) in [5.74, 6) is -0.785. The van der Waals surface area contributed by atoms with Crippen molar-refractivity contribution in [1.29, 1.82) is 0 Å². The SMILES string of the molecule is CCC(CC)NCC(=O)O.Cl. The Bertz CT molecular complexity index is 105. The zero-order chi connectivity index (χ0) is 7.98. The summed E-state index contributed by atoms with van der Waals surface area (Å²) in [4.78, 5) is 10.1. The van der Waals surface area contributed by atoms with Crippen LogP contribution in [0.15, 0.2) is 0 Å². The van der Waals surface area contributed by atoms with Crippen molar-refractivity contribution in [3.8, 4) is 0 Å². The molecular formula is C7H16ClNO2. The Balaban J connectivity index is 0. The Kier molecular flexibility index (Phi) is 9.47. The minimum atomic E-state index is -0.785. The minimum Gasteiger partial charge on any atom is -0.480 e. The van der Waals surface area contributed by atoms with E-state index in [0.717, 1.165) is 12.8 Å². The molecule has 0 saturated carbocycles. The molecule has 0 radical (unpaired) electrons. The molecule has 0 unspecified atom stereocenters. The largest absolute Gasteiger partial charge is 0.480 e. The molecule has 0 amide bonds. The number of carboxylic acid groups (broad SMARTS) is 1. The van der Waals surface area contributed by atoms with E-state index in [0.29, 0.717) is 6.04 Å². The highest BCUT2D eigenvalue weighted by Gasteiger charge is 2.03. The predicted molar refractivity (Wildman–Crippen MR) is 47.3 cm³/mol. The summed E-state index contributed by atoms with van der Waals surface area (Å²) < 4.78 is 0. The van der Waals surface area contributed by atoms with E-state index in [1.807, 2.05) is 13.8 Å². The van der Waals surface area contributed by atoms with Crippen molar-refractivity contribution in [2.75, 3.05) is 6.54 Å². The van der Waals surface area contributed by atoms with Crippen LogP contribution in [0, 0.1) is 0 Å². The molecule has 4 heteroatoms. The van der Waals surface area contributed by atoms with Crippen LogP contribution in [-0.2, 0) is 4.79 Å². The first-order valence-electron chi connectivity index (χ1n) is 3.65. The molecule has 0 atom stereocenters. The number of carboxylic acids is 1. The normalized spacial score (nSPS) is 9.36. The molecule has 0 rings (SSSR count). The van der Waals surface area contributed by atoms with Gasteiger partial charge in [0, 0.05) is 6.04 Å². The second-order valence-corrected chi connectivity index (χ2v) is 2.29. The molecule has 0 fully saturated rings. The maximum atomic E-state index is 10.1. The van der Waals surface area contributed by atoms with Crippen LogP contribution < -0.4 is 5.32 Å². The maximum Gasteiger partial charge on any atom is 0.317 e. The van der Waals surface area contributed by atoms with E-state index in [-0.39, 0.29) is 19.0 Å². The van der Waals surface area contributed by atoms with E-state index in [1.54, 1.807) is 0 Å². The van der Waals surface area contributed by atoms with Gasteiger partial charge in [0.25, 0.3) is 0 Å². The zero-order valence-electron chi connectivity index (χ0n) is 6.96.